The Morgan fingerprint density at radius 2 is 1.62 bits per heavy atom. The van der Waals surface area contributed by atoms with Crippen molar-refractivity contribution in [2.45, 2.75) is 19.5 Å². The molecule has 0 bridgehead atoms. The number of aromatic nitrogens is 3. The van der Waals surface area contributed by atoms with Crippen molar-refractivity contribution < 1.29 is 9.53 Å². The Hall–Kier alpha value is -4.39. The van der Waals surface area contributed by atoms with E-state index in [1.807, 2.05) is 90.4 Å². The maximum absolute atomic E-state index is 13.5. The van der Waals surface area contributed by atoms with Gasteiger partial charge in [0.2, 0.25) is 0 Å². The maximum Gasteiger partial charge on any atom is 0.257 e. The second kappa shape index (κ2) is 8.86. The van der Waals surface area contributed by atoms with E-state index in [2.05, 4.69) is 5.32 Å². The van der Waals surface area contributed by atoms with Crippen molar-refractivity contribution in [3.05, 3.63) is 95.6 Å². The average molecular weight is 452 g/mol. The number of hydrogen-bond acceptors (Lipinski definition) is 5. The number of carbonyl (C=O) groups excluding carboxylic acids is 1. The summed E-state index contributed by atoms with van der Waals surface area (Å²) in [5.41, 5.74) is 11.3. The normalized spacial score (nSPS) is 12.1. The highest BCUT2D eigenvalue weighted by atomic mass is 16.5. The number of ether oxygens (including phenoxy) is 1. The van der Waals surface area contributed by atoms with E-state index in [0.29, 0.717) is 34.6 Å². The SMILES string of the molecule is COc1ccccc1Cn1c(N)c(C(=O)N[C@@H](C)c2ccccc2)c2nc3ccccc3nc21. The van der Waals surface area contributed by atoms with Crippen LogP contribution in [0.3, 0.4) is 0 Å². The lowest BCUT2D eigenvalue weighted by Crippen LogP contribution is -2.27. The first-order chi connectivity index (χ1) is 16.6. The smallest absolute Gasteiger partial charge is 0.257 e. The van der Waals surface area contributed by atoms with Gasteiger partial charge in [0.15, 0.2) is 5.65 Å². The molecule has 0 radical (unpaired) electrons. The molecule has 34 heavy (non-hydrogen) atoms. The number of carbonyl (C=O) groups is 1. The van der Waals surface area contributed by atoms with Crippen molar-refractivity contribution in [3.8, 4) is 5.75 Å². The van der Waals surface area contributed by atoms with Crippen LogP contribution in [0.5, 0.6) is 5.75 Å². The van der Waals surface area contributed by atoms with Gasteiger partial charge in [-0.15, -0.1) is 0 Å². The van der Waals surface area contributed by atoms with Gasteiger partial charge >= 0.3 is 0 Å². The molecule has 7 heteroatoms. The molecular formula is C27H25N5O2. The quantitative estimate of drug-likeness (QED) is 0.390. The molecule has 0 saturated carbocycles. The maximum atomic E-state index is 13.5. The summed E-state index contributed by atoms with van der Waals surface area (Å²) in [6, 6.07) is 24.9. The molecule has 0 aliphatic carbocycles. The first kappa shape index (κ1) is 21.5. The van der Waals surface area contributed by atoms with Gasteiger partial charge < -0.3 is 20.4 Å². The second-order valence-corrected chi connectivity index (χ2v) is 8.15. The molecule has 0 aliphatic rings. The molecule has 2 heterocycles. The highest BCUT2D eigenvalue weighted by molar-refractivity contribution is 6.10. The summed E-state index contributed by atoms with van der Waals surface area (Å²) in [4.78, 5) is 23.1. The number of hydrogen-bond donors (Lipinski definition) is 2. The number of anilines is 1. The summed E-state index contributed by atoms with van der Waals surface area (Å²) in [6.07, 6.45) is 0. The molecule has 7 nitrogen and oxygen atoms in total. The molecule has 0 aliphatic heterocycles. The molecule has 1 amide bonds. The van der Waals surface area contributed by atoms with Gasteiger partial charge in [-0.1, -0.05) is 60.7 Å². The molecule has 5 rings (SSSR count). The summed E-state index contributed by atoms with van der Waals surface area (Å²) < 4.78 is 7.35. The highest BCUT2D eigenvalue weighted by Gasteiger charge is 2.25. The zero-order valence-electron chi connectivity index (χ0n) is 19.0. The molecule has 3 aromatic carbocycles. The second-order valence-electron chi connectivity index (χ2n) is 8.15. The fraction of sp³-hybridized carbons (Fsp3) is 0.148. The Balaban J connectivity index is 1.64. The van der Waals surface area contributed by atoms with Gasteiger partial charge in [-0.2, -0.15) is 0 Å². The molecule has 0 fully saturated rings. The Morgan fingerprint density at radius 1 is 0.971 bits per heavy atom. The van der Waals surface area contributed by atoms with Crippen LogP contribution in [0.15, 0.2) is 78.9 Å². The van der Waals surface area contributed by atoms with Crippen LogP contribution in [-0.4, -0.2) is 27.6 Å². The van der Waals surface area contributed by atoms with Crippen LogP contribution in [0.4, 0.5) is 5.82 Å². The van der Waals surface area contributed by atoms with E-state index in [0.717, 1.165) is 22.4 Å². The summed E-state index contributed by atoms with van der Waals surface area (Å²) >= 11 is 0. The largest absolute Gasteiger partial charge is 0.496 e. The van der Waals surface area contributed by atoms with E-state index in [-0.39, 0.29) is 11.9 Å². The lowest BCUT2D eigenvalue weighted by atomic mass is 10.1. The summed E-state index contributed by atoms with van der Waals surface area (Å²) in [5.74, 6) is 0.761. The van der Waals surface area contributed by atoms with E-state index in [4.69, 9.17) is 20.4 Å². The van der Waals surface area contributed by atoms with Gasteiger partial charge in [0, 0.05) is 5.56 Å². The first-order valence-corrected chi connectivity index (χ1v) is 11.1. The topological polar surface area (TPSA) is 95.1 Å². The number of nitrogens with one attached hydrogen (secondary N) is 1. The number of nitrogens with zero attached hydrogens (tertiary/aromatic N) is 3. The summed E-state index contributed by atoms with van der Waals surface area (Å²) in [5, 5.41) is 3.07. The van der Waals surface area contributed by atoms with E-state index >= 15 is 0 Å². The number of nitrogen functional groups attached to an aromatic ring is 1. The van der Waals surface area contributed by atoms with Crippen molar-refractivity contribution in [1.29, 1.82) is 0 Å². The minimum absolute atomic E-state index is 0.200. The van der Waals surface area contributed by atoms with Gasteiger partial charge in [-0.05, 0) is 30.7 Å². The lowest BCUT2D eigenvalue weighted by molar-refractivity contribution is 0.0942. The Morgan fingerprint density at radius 3 is 2.35 bits per heavy atom. The highest BCUT2D eigenvalue weighted by Crippen LogP contribution is 2.30. The minimum atomic E-state index is -0.290. The number of rotatable bonds is 6. The van der Waals surface area contributed by atoms with Crippen molar-refractivity contribution in [2.24, 2.45) is 0 Å². The van der Waals surface area contributed by atoms with E-state index < -0.39 is 0 Å². The monoisotopic (exact) mass is 451 g/mol. The zero-order chi connectivity index (χ0) is 23.7. The predicted octanol–water partition coefficient (Wildman–Crippen LogP) is 4.71. The van der Waals surface area contributed by atoms with Crippen molar-refractivity contribution in [2.75, 3.05) is 12.8 Å². The first-order valence-electron chi connectivity index (χ1n) is 11.1. The molecule has 0 unspecified atom stereocenters. The third-order valence-electron chi connectivity index (χ3n) is 5.99. The number of methoxy groups -OCH3 is 1. The van der Waals surface area contributed by atoms with Crippen LogP contribution in [0.2, 0.25) is 0 Å². The fourth-order valence-corrected chi connectivity index (χ4v) is 4.20. The zero-order valence-corrected chi connectivity index (χ0v) is 19.0. The molecule has 3 N–H and O–H groups in total. The standard InChI is InChI=1S/C27H25N5O2/c1-17(18-10-4-3-5-11-18)29-27(33)23-24-26(31-21-14-8-7-13-20(21)30-24)32(25(23)28)16-19-12-6-9-15-22(19)34-2/h3-15,17H,16,28H2,1-2H3,(H,29,33)/t17-/m0/s1. The Kier molecular flexibility index (Phi) is 5.59. The van der Waals surface area contributed by atoms with Crippen LogP contribution in [0.25, 0.3) is 22.2 Å². The number of amides is 1. The van der Waals surface area contributed by atoms with Crippen LogP contribution in [-0.2, 0) is 6.54 Å². The van der Waals surface area contributed by atoms with Crippen LogP contribution < -0.4 is 15.8 Å². The van der Waals surface area contributed by atoms with E-state index in [1.165, 1.54) is 0 Å². The summed E-state index contributed by atoms with van der Waals surface area (Å²) in [7, 11) is 1.63. The number of para-hydroxylation sites is 3. The number of nitrogens with two attached hydrogens (primary N) is 1. The van der Waals surface area contributed by atoms with E-state index in [9.17, 15) is 4.79 Å². The minimum Gasteiger partial charge on any atom is -0.496 e. The molecular weight excluding hydrogens is 426 g/mol. The van der Waals surface area contributed by atoms with Gasteiger partial charge in [-0.25, -0.2) is 9.97 Å². The van der Waals surface area contributed by atoms with E-state index in [1.54, 1.807) is 7.11 Å². The molecule has 170 valence electrons. The molecule has 0 spiro atoms. The molecule has 2 aromatic heterocycles. The predicted molar refractivity (Wildman–Crippen MR) is 134 cm³/mol. The molecule has 0 saturated heterocycles. The van der Waals surface area contributed by atoms with Crippen molar-refractivity contribution in [1.82, 2.24) is 19.9 Å². The van der Waals surface area contributed by atoms with Gasteiger partial charge in [-0.3, -0.25) is 4.79 Å². The third-order valence-corrected chi connectivity index (χ3v) is 5.99. The van der Waals surface area contributed by atoms with Crippen LogP contribution >= 0.6 is 0 Å². The average Bonchev–Trinajstić information content (AvgIpc) is 3.13. The molecule has 1 atom stereocenters. The van der Waals surface area contributed by atoms with Gasteiger partial charge in [0.1, 0.15) is 22.6 Å². The van der Waals surface area contributed by atoms with Crippen LogP contribution in [0.1, 0.15) is 34.5 Å². The van der Waals surface area contributed by atoms with Gasteiger partial charge in [0.05, 0.1) is 30.7 Å². The van der Waals surface area contributed by atoms with Crippen molar-refractivity contribution in [3.63, 3.8) is 0 Å². The number of benzene rings is 3. The Bertz CT molecular complexity index is 1490. The lowest BCUT2D eigenvalue weighted by Gasteiger charge is -2.14. The number of fused-ring (bicyclic) bond motifs is 2. The summed E-state index contributed by atoms with van der Waals surface area (Å²) in [6.45, 7) is 2.33. The Labute approximate surface area is 197 Å². The fourth-order valence-electron chi connectivity index (χ4n) is 4.20. The van der Waals surface area contributed by atoms with Crippen LogP contribution in [0, 0.1) is 0 Å². The van der Waals surface area contributed by atoms with Gasteiger partial charge in [0.25, 0.3) is 5.91 Å². The molecule has 5 aromatic rings. The van der Waals surface area contributed by atoms with Crippen molar-refractivity contribution >= 4 is 33.9 Å². The third kappa shape index (κ3) is 3.81.